The molecule has 6 nitrogen and oxygen atoms in total. The normalized spacial score (nSPS) is 10.2. The average molecular weight is 253 g/mol. The van der Waals surface area contributed by atoms with Gasteiger partial charge < -0.3 is 21.2 Å². The average Bonchev–Trinajstić information content (AvgIpc) is 2.30. The van der Waals surface area contributed by atoms with Gasteiger partial charge in [0.15, 0.2) is 11.4 Å². The number of hydrogen-bond acceptors (Lipinski definition) is 5. The van der Waals surface area contributed by atoms with Crippen LogP contribution in [0.2, 0.25) is 5.02 Å². The van der Waals surface area contributed by atoms with Crippen LogP contribution < -0.4 is 21.8 Å². The van der Waals surface area contributed by atoms with Crippen LogP contribution in [0.5, 0.6) is 11.6 Å². The van der Waals surface area contributed by atoms with E-state index in [0.29, 0.717) is 16.5 Å². The van der Waals surface area contributed by atoms with Crippen molar-refractivity contribution < 1.29 is 4.74 Å². The summed E-state index contributed by atoms with van der Waals surface area (Å²) in [6, 6.07) is 4.72. The maximum atomic E-state index is 11.2. The maximum absolute atomic E-state index is 11.2. The predicted molar refractivity (Wildman–Crippen MR) is 65.2 cm³/mol. The molecule has 7 heteroatoms. The van der Waals surface area contributed by atoms with Gasteiger partial charge in [0.1, 0.15) is 0 Å². The molecular weight excluding hydrogens is 244 g/mol. The van der Waals surface area contributed by atoms with Crippen molar-refractivity contribution in [2.75, 3.05) is 11.5 Å². The lowest BCUT2D eigenvalue weighted by atomic mass is 10.3. The largest absolute Gasteiger partial charge is 0.435 e. The number of anilines is 2. The first-order valence-corrected chi connectivity index (χ1v) is 5.02. The van der Waals surface area contributed by atoms with Crippen LogP contribution in [0, 0.1) is 0 Å². The van der Waals surface area contributed by atoms with E-state index >= 15 is 0 Å². The summed E-state index contributed by atoms with van der Waals surface area (Å²) in [6.07, 6.45) is 1.19. The highest BCUT2D eigenvalue weighted by atomic mass is 35.5. The molecule has 0 radical (unpaired) electrons. The lowest BCUT2D eigenvalue weighted by molar-refractivity contribution is 0.465. The molecule has 0 amide bonds. The van der Waals surface area contributed by atoms with E-state index in [1.807, 2.05) is 0 Å². The summed E-state index contributed by atoms with van der Waals surface area (Å²) in [5.74, 6) is 0.282. The van der Waals surface area contributed by atoms with E-state index in [9.17, 15) is 4.79 Å². The van der Waals surface area contributed by atoms with Gasteiger partial charge in [-0.25, -0.2) is 4.98 Å². The minimum atomic E-state index is -0.476. The second-order valence-electron chi connectivity index (χ2n) is 3.23. The molecule has 0 bridgehead atoms. The molecule has 1 heterocycles. The first-order valence-electron chi connectivity index (χ1n) is 4.64. The quantitative estimate of drug-likeness (QED) is 0.700. The Morgan fingerprint density at radius 1 is 1.35 bits per heavy atom. The minimum Gasteiger partial charge on any atom is -0.435 e. The van der Waals surface area contributed by atoms with Crippen LogP contribution >= 0.6 is 11.6 Å². The zero-order chi connectivity index (χ0) is 12.4. The monoisotopic (exact) mass is 252 g/mol. The molecule has 2 rings (SSSR count). The smallest absolute Gasteiger partial charge is 0.277 e. The summed E-state index contributed by atoms with van der Waals surface area (Å²) in [4.78, 5) is 17.4. The van der Waals surface area contributed by atoms with Crippen molar-refractivity contribution in [3.8, 4) is 11.6 Å². The second kappa shape index (κ2) is 4.34. The predicted octanol–water partition coefficient (Wildman–Crippen LogP) is 1.38. The molecule has 0 unspecified atom stereocenters. The van der Waals surface area contributed by atoms with E-state index in [1.54, 1.807) is 12.1 Å². The number of nitrogen functional groups attached to an aromatic ring is 2. The van der Waals surface area contributed by atoms with Gasteiger partial charge in [0.05, 0.1) is 12.0 Å². The molecular formula is C10H9ClN4O2. The van der Waals surface area contributed by atoms with Gasteiger partial charge in [-0.2, -0.15) is 0 Å². The van der Waals surface area contributed by atoms with Crippen LogP contribution in [0.3, 0.4) is 0 Å². The Kier molecular flexibility index (Phi) is 2.88. The molecule has 88 valence electrons. The third kappa shape index (κ3) is 2.31. The Hall–Kier alpha value is -2.21. The van der Waals surface area contributed by atoms with Crippen molar-refractivity contribution >= 4 is 23.0 Å². The Balaban J connectivity index is 2.41. The van der Waals surface area contributed by atoms with Crippen molar-refractivity contribution in [1.82, 2.24) is 9.97 Å². The molecule has 1 aromatic heterocycles. The number of benzene rings is 1. The number of nitrogens with zero attached hydrogens (tertiary/aromatic N) is 1. The third-order valence-electron chi connectivity index (χ3n) is 2.03. The number of H-pyrrole nitrogens is 1. The molecule has 17 heavy (non-hydrogen) atoms. The van der Waals surface area contributed by atoms with E-state index in [4.69, 9.17) is 27.8 Å². The molecule has 0 atom stereocenters. The number of hydrogen-bond donors (Lipinski definition) is 3. The van der Waals surface area contributed by atoms with Crippen molar-refractivity contribution in [2.45, 2.75) is 0 Å². The molecule has 0 aliphatic rings. The van der Waals surface area contributed by atoms with Crippen molar-refractivity contribution in [2.24, 2.45) is 0 Å². The Morgan fingerprint density at radius 3 is 2.88 bits per heavy atom. The van der Waals surface area contributed by atoms with Gasteiger partial charge in [-0.15, -0.1) is 0 Å². The minimum absolute atomic E-state index is 0.0114. The Morgan fingerprint density at radius 2 is 2.12 bits per heavy atom. The third-order valence-corrected chi connectivity index (χ3v) is 2.27. The van der Waals surface area contributed by atoms with Crippen molar-refractivity contribution in [1.29, 1.82) is 0 Å². The highest BCUT2D eigenvalue weighted by molar-refractivity contribution is 6.30. The zero-order valence-electron chi connectivity index (χ0n) is 8.61. The summed E-state index contributed by atoms with van der Waals surface area (Å²) in [5.41, 5.74) is 11.0. The number of ether oxygens (including phenoxy) is 1. The molecule has 0 saturated heterocycles. The molecule has 2 aromatic rings. The van der Waals surface area contributed by atoms with Gasteiger partial charge in [0.2, 0.25) is 5.88 Å². The summed E-state index contributed by atoms with van der Waals surface area (Å²) in [7, 11) is 0. The summed E-state index contributed by atoms with van der Waals surface area (Å²) in [5, 5.41) is 0.456. The fourth-order valence-electron chi connectivity index (χ4n) is 1.18. The van der Waals surface area contributed by atoms with E-state index < -0.39 is 5.56 Å². The first kappa shape index (κ1) is 11.3. The molecule has 0 aliphatic heterocycles. The summed E-state index contributed by atoms with van der Waals surface area (Å²) < 4.78 is 5.34. The van der Waals surface area contributed by atoms with Crippen LogP contribution in [0.1, 0.15) is 0 Å². The Bertz CT molecular complexity index is 611. The topological polar surface area (TPSA) is 107 Å². The molecule has 0 fully saturated rings. The second-order valence-corrected chi connectivity index (χ2v) is 3.67. The standard InChI is InChI=1S/C10H9ClN4O2/c11-5-1-2-6(12)7(3-5)17-10-8(13)9(16)14-4-15-10/h1-4H,12-13H2,(H,14,15,16). The van der Waals surface area contributed by atoms with E-state index in [2.05, 4.69) is 9.97 Å². The molecule has 5 N–H and O–H groups in total. The highest BCUT2D eigenvalue weighted by Gasteiger charge is 2.09. The van der Waals surface area contributed by atoms with E-state index in [-0.39, 0.29) is 11.6 Å². The van der Waals surface area contributed by atoms with Crippen LogP contribution in [0.25, 0.3) is 0 Å². The zero-order valence-corrected chi connectivity index (χ0v) is 9.36. The molecule has 0 aliphatic carbocycles. The van der Waals surface area contributed by atoms with Gasteiger partial charge in [0, 0.05) is 11.1 Å². The molecule has 0 saturated carbocycles. The van der Waals surface area contributed by atoms with Crippen LogP contribution in [-0.4, -0.2) is 9.97 Å². The fourth-order valence-corrected chi connectivity index (χ4v) is 1.34. The Labute approximate surface area is 101 Å². The first-order chi connectivity index (χ1) is 8.08. The van der Waals surface area contributed by atoms with Crippen LogP contribution in [0.4, 0.5) is 11.4 Å². The lowest BCUT2D eigenvalue weighted by Gasteiger charge is -2.08. The van der Waals surface area contributed by atoms with Gasteiger partial charge in [0.25, 0.3) is 5.56 Å². The lowest BCUT2D eigenvalue weighted by Crippen LogP contribution is -2.13. The van der Waals surface area contributed by atoms with E-state index in [1.165, 1.54) is 12.4 Å². The summed E-state index contributed by atoms with van der Waals surface area (Å²) >= 11 is 5.80. The number of nitrogens with one attached hydrogen (secondary N) is 1. The van der Waals surface area contributed by atoms with Gasteiger partial charge in [-0.3, -0.25) is 4.79 Å². The SMILES string of the molecule is Nc1ccc(Cl)cc1Oc1nc[nH]c(=O)c1N. The van der Waals surface area contributed by atoms with E-state index in [0.717, 1.165) is 0 Å². The van der Waals surface area contributed by atoms with Crippen molar-refractivity contribution in [3.05, 3.63) is 39.9 Å². The number of nitrogens with two attached hydrogens (primary N) is 2. The highest BCUT2D eigenvalue weighted by Crippen LogP contribution is 2.30. The van der Waals surface area contributed by atoms with Crippen LogP contribution in [0.15, 0.2) is 29.3 Å². The van der Waals surface area contributed by atoms with Crippen molar-refractivity contribution in [3.63, 3.8) is 0 Å². The summed E-state index contributed by atoms with van der Waals surface area (Å²) in [6.45, 7) is 0. The number of aromatic nitrogens is 2. The van der Waals surface area contributed by atoms with Gasteiger partial charge >= 0.3 is 0 Å². The fraction of sp³-hybridized carbons (Fsp3) is 0. The number of aromatic amines is 1. The van der Waals surface area contributed by atoms with Gasteiger partial charge in [-0.05, 0) is 12.1 Å². The molecule has 1 aromatic carbocycles. The number of rotatable bonds is 2. The maximum Gasteiger partial charge on any atom is 0.277 e. The van der Waals surface area contributed by atoms with Gasteiger partial charge in [-0.1, -0.05) is 11.6 Å². The number of halogens is 1. The molecule has 0 spiro atoms. The van der Waals surface area contributed by atoms with Crippen LogP contribution in [-0.2, 0) is 0 Å².